The molecule has 0 saturated carbocycles. The number of hydrogen-bond donors (Lipinski definition) is 1. The van der Waals surface area contributed by atoms with E-state index in [0.29, 0.717) is 6.42 Å². The van der Waals surface area contributed by atoms with E-state index >= 15 is 0 Å². The van der Waals surface area contributed by atoms with Crippen LogP contribution in [0.3, 0.4) is 0 Å². The van der Waals surface area contributed by atoms with Gasteiger partial charge in [-0.3, -0.25) is 4.79 Å². The summed E-state index contributed by atoms with van der Waals surface area (Å²) in [7, 11) is 0. The molecule has 2 nitrogen and oxygen atoms in total. The molecule has 2 aromatic rings. The largest absolute Gasteiger partial charge is 0.325 e. The third-order valence-electron chi connectivity index (χ3n) is 3.60. The average Bonchev–Trinajstić information content (AvgIpc) is 2.43. The topological polar surface area (TPSA) is 29.1 Å². The molecule has 0 aliphatic heterocycles. The number of carbonyl (C=O) groups excluding carboxylic acids is 1. The maximum Gasteiger partial charge on any atom is 0.228 e. The fourth-order valence-corrected chi connectivity index (χ4v) is 2.44. The summed E-state index contributed by atoms with van der Waals surface area (Å²) in [6.45, 7) is 6.02. The van der Waals surface area contributed by atoms with E-state index in [1.165, 1.54) is 11.1 Å². The van der Waals surface area contributed by atoms with Crippen LogP contribution in [0, 0.1) is 13.8 Å². The first-order valence-electron chi connectivity index (χ1n) is 7.06. The van der Waals surface area contributed by atoms with Gasteiger partial charge in [-0.1, -0.05) is 36.4 Å². The van der Waals surface area contributed by atoms with E-state index in [0.717, 1.165) is 16.8 Å². The molecule has 0 aromatic heterocycles. The molecule has 1 unspecified atom stereocenters. The van der Waals surface area contributed by atoms with Gasteiger partial charge in [-0.25, -0.2) is 0 Å². The van der Waals surface area contributed by atoms with Gasteiger partial charge in [-0.15, -0.1) is 11.6 Å². The predicted molar refractivity (Wildman–Crippen MR) is 89.0 cm³/mol. The van der Waals surface area contributed by atoms with E-state index < -0.39 is 0 Å². The number of alkyl halides is 1. The van der Waals surface area contributed by atoms with Gasteiger partial charge in [-0.05, 0) is 49.1 Å². The van der Waals surface area contributed by atoms with Crippen molar-refractivity contribution >= 4 is 23.2 Å². The van der Waals surface area contributed by atoms with Crippen molar-refractivity contribution in [1.29, 1.82) is 0 Å². The van der Waals surface area contributed by atoms with Gasteiger partial charge in [0.15, 0.2) is 0 Å². The molecular weight excluding hydrogens is 282 g/mol. The Morgan fingerprint density at radius 2 is 1.86 bits per heavy atom. The molecule has 0 saturated heterocycles. The van der Waals surface area contributed by atoms with Crippen LogP contribution in [0.15, 0.2) is 42.5 Å². The van der Waals surface area contributed by atoms with E-state index in [1.54, 1.807) is 0 Å². The average molecular weight is 302 g/mol. The molecule has 21 heavy (non-hydrogen) atoms. The molecule has 110 valence electrons. The third-order valence-corrected chi connectivity index (χ3v) is 3.83. The molecule has 3 heteroatoms. The van der Waals surface area contributed by atoms with Gasteiger partial charge in [0.2, 0.25) is 5.91 Å². The Hall–Kier alpha value is -1.80. The lowest BCUT2D eigenvalue weighted by molar-refractivity contribution is -0.115. The predicted octanol–water partition coefficient (Wildman–Crippen LogP) is 4.78. The van der Waals surface area contributed by atoms with E-state index in [2.05, 4.69) is 25.2 Å². The highest BCUT2D eigenvalue weighted by Gasteiger charge is 2.11. The molecule has 2 aromatic carbocycles. The van der Waals surface area contributed by atoms with Crippen LogP contribution in [-0.2, 0) is 11.2 Å². The first-order chi connectivity index (χ1) is 9.97. The second-order valence-electron chi connectivity index (χ2n) is 5.35. The van der Waals surface area contributed by atoms with Crippen molar-refractivity contribution in [3.05, 3.63) is 64.7 Å². The summed E-state index contributed by atoms with van der Waals surface area (Å²) in [5, 5.41) is 2.82. The molecule has 0 bridgehead atoms. The van der Waals surface area contributed by atoms with Gasteiger partial charge >= 0.3 is 0 Å². The van der Waals surface area contributed by atoms with Crippen molar-refractivity contribution in [2.75, 3.05) is 5.32 Å². The van der Waals surface area contributed by atoms with Gasteiger partial charge in [0.1, 0.15) is 0 Å². The van der Waals surface area contributed by atoms with E-state index in [9.17, 15) is 4.79 Å². The molecule has 0 fully saturated rings. The molecular formula is C18H20ClNO. The zero-order chi connectivity index (χ0) is 15.4. The Labute approximate surface area is 131 Å². The number of halogens is 1. The summed E-state index contributed by atoms with van der Waals surface area (Å²) < 4.78 is 0. The molecule has 0 radical (unpaired) electrons. The van der Waals surface area contributed by atoms with Crippen molar-refractivity contribution in [2.45, 2.75) is 32.6 Å². The summed E-state index contributed by atoms with van der Waals surface area (Å²) in [5.41, 5.74) is 5.18. The van der Waals surface area contributed by atoms with Crippen molar-refractivity contribution in [2.24, 2.45) is 0 Å². The highest BCUT2D eigenvalue weighted by molar-refractivity contribution is 6.21. The van der Waals surface area contributed by atoms with Gasteiger partial charge in [0, 0.05) is 5.69 Å². The van der Waals surface area contributed by atoms with Crippen molar-refractivity contribution in [3.63, 3.8) is 0 Å². The molecule has 0 spiro atoms. The number of amides is 1. The Morgan fingerprint density at radius 1 is 1.14 bits per heavy atom. The van der Waals surface area contributed by atoms with Crippen LogP contribution in [0.1, 0.15) is 34.6 Å². The maximum absolute atomic E-state index is 12.2. The lowest BCUT2D eigenvalue weighted by Gasteiger charge is -2.13. The van der Waals surface area contributed by atoms with Crippen LogP contribution in [0.2, 0.25) is 0 Å². The number of para-hydroxylation sites is 1. The quantitative estimate of drug-likeness (QED) is 0.809. The maximum atomic E-state index is 12.2. The zero-order valence-electron chi connectivity index (χ0n) is 12.6. The number of nitrogens with one attached hydrogen (secondary N) is 1. The SMILES string of the molecule is Cc1ccc(CC(=O)Nc2ccccc2C(C)Cl)cc1C. The van der Waals surface area contributed by atoms with E-state index in [1.807, 2.05) is 43.3 Å². The highest BCUT2D eigenvalue weighted by Crippen LogP contribution is 2.27. The summed E-state index contributed by atoms with van der Waals surface area (Å²) >= 11 is 6.14. The minimum Gasteiger partial charge on any atom is -0.325 e. The lowest BCUT2D eigenvalue weighted by atomic mass is 10.0. The van der Waals surface area contributed by atoms with Crippen LogP contribution < -0.4 is 5.32 Å². The molecule has 2 rings (SSSR count). The number of aryl methyl sites for hydroxylation is 2. The van der Waals surface area contributed by atoms with Crippen LogP contribution in [0.5, 0.6) is 0 Å². The van der Waals surface area contributed by atoms with Gasteiger partial charge < -0.3 is 5.32 Å². The van der Waals surface area contributed by atoms with Crippen LogP contribution >= 0.6 is 11.6 Å². The molecule has 0 aliphatic rings. The summed E-state index contributed by atoms with van der Waals surface area (Å²) in [6.07, 6.45) is 0.367. The third kappa shape index (κ3) is 4.08. The Bertz CT molecular complexity index is 649. The standard InChI is InChI=1S/C18H20ClNO/c1-12-8-9-15(10-13(12)2)11-18(21)20-17-7-5-4-6-16(17)14(3)19/h4-10,14H,11H2,1-3H3,(H,20,21). The van der Waals surface area contributed by atoms with Crippen LogP contribution in [0.25, 0.3) is 0 Å². The molecule has 1 amide bonds. The van der Waals surface area contributed by atoms with Crippen molar-refractivity contribution < 1.29 is 4.79 Å². The zero-order valence-corrected chi connectivity index (χ0v) is 13.4. The minimum absolute atomic E-state index is 0.0250. The summed E-state index contributed by atoms with van der Waals surface area (Å²) in [6, 6.07) is 13.7. The van der Waals surface area contributed by atoms with Gasteiger partial charge in [0.05, 0.1) is 11.8 Å². The summed E-state index contributed by atoms with van der Waals surface area (Å²) in [4.78, 5) is 12.2. The normalized spacial score (nSPS) is 12.0. The monoisotopic (exact) mass is 301 g/mol. The highest BCUT2D eigenvalue weighted by atomic mass is 35.5. The Kier molecular flexibility index (Phi) is 5.03. The van der Waals surface area contributed by atoms with E-state index in [4.69, 9.17) is 11.6 Å². The van der Waals surface area contributed by atoms with Crippen molar-refractivity contribution in [3.8, 4) is 0 Å². The fraction of sp³-hybridized carbons (Fsp3) is 0.278. The number of rotatable bonds is 4. The number of benzene rings is 2. The summed E-state index contributed by atoms with van der Waals surface area (Å²) in [5.74, 6) is -0.0250. The molecule has 0 heterocycles. The number of hydrogen-bond acceptors (Lipinski definition) is 1. The number of anilines is 1. The smallest absolute Gasteiger partial charge is 0.228 e. The Morgan fingerprint density at radius 3 is 2.52 bits per heavy atom. The fourth-order valence-electron chi connectivity index (χ4n) is 2.25. The number of carbonyl (C=O) groups is 1. The van der Waals surface area contributed by atoms with E-state index in [-0.39, 0.29) is 11.3 Å². The molecule has 1 N–H and O–H groups in total. The van der Waals surface area contributed by atoms with Gasteiger partial charge in [-0.2, -0.15) is 0 Å². The van der Waals surface area contributed by atoms with Crippen LogP contribution in [0.4, 0.5) is 5.69 Å². The first-order valence-corrected chi connectivity index (χ1v) is 7.50. The molecule has 0 aliphatic carbocycles. The van der Waals surface area contributed by atoms with Gasteiger partial charge in [0.25, 0.3) is 0 Å². The van der Waals surface area contributed by atoms with Crippen LogP contribution in [-0.4, -0.2) is 5.91 Å². The minimum atomic E-state index is -0.136. The second kappa shape index (κ2) is 6.77. The lowest BCUT2D eigenvalue weighted by Crippen LogP contribution is -2.15. The molecule has 1 atom stereocenters. The Balaban J connectivity index is 2.10. The first kappa shape index (κ1) is 15.6. The second-order valence-corrected chi connectivity index (χ2v) is 6.00. The van der Waals surface area contributed by atoms with Crippen molar-refractivity contribution in [1.82, 2.24) is 0 Å².